The summed E-state index contributed by atoms with van der Waals surface area (Å²) in [5.74, 6) is 0.0443. The van der Waals surface area contributed by atoms with E-state index in [0.717, 1.165) is 16.8 Å². The molecule has 0 spiro atoms. The number of rotatable bonds is 2. The molecule has 0 saturated carbocycles. The van der Waals surface area contributed by atoms with E-state index in [1.165, 1.54) is 7.11 Å². The quantitative estimate of drug-likeness (QED) is 0.614. The van der Waals surface area contributed by atoms with Gasteiger partial charge in [-0.1, -0.05) is 12.1 Å². The molecule has 0 aliphatic carbocycles. The van der Waals surface area contributed by atoms with Gasteiger partial charge in [-0.2, -0.15) is 0 Å². The number of ether oxygens (including phenoxy) is 2. The molecule has 22 heavy (non-hydrogen) atoms. The van der Waals surface area contributed by atoms with Crippen molar-refractivity contribution in [2.75, 3.05) is 13.7 Å². The van der Waals surface area contributed by atoms with E-state index < -0.39 is 18.3 Å². The molecular formula is C16H21BO5. The number of carbonyl (C=O) groups is 1. The van der Waals surface area contributed by atoms with Crippen LogP contribution in [0.3, 0.4) is 0 Å². The van der Waals surface area contributed by atoms with Crippen LogP contribution in [0.1, 0.15) is 39.2 Å². The fourth-order valence-corrected chi connectivity index (χ4v) is 2.70. The van der Waals surface area contributed by atoms with Crippen LogP contribution in [0.4, 0.5) is 0 Å². The second-order valence-electron chi connectivity index (χ2n) is 6.77. The average molecular weight is 304 g/mol. The van der Waals surface area contributed by atoms with Crippen LogP contribution in [-0.4, -0.2) is 38.0 Å². The van der Waals surface area contributed by atoms with Crippen LogP contribution in [0.25, 0.3) is 0 Å². The molecule has 1 unspecified atom stereocenters. The molecule has 118 valence electrons. The Balaban J connectivity index is 1.91. The summed E-state index contributed by atoms with van der Waals surface area (Å²) in [5.41, 5.74) is 0.931. The van der Waals surface area contributed by atoms with E-state index >= 15 is 0 Å². The monoisotopic (exact) mass is 304 g/mol. The number of benzene rings is 1. The fraction of sp³-hybridized carbons (Fsp3) is 0.562. The van der Waals surface area contributed by atoms with Gasteiger partial charge in [-0.05, 0) is 39.2 Å². The van der Waals surface area contributed by atoms with Gasteiger partial charge in [-0.25, -0.2) is 0 Å². The molecule has 0 amide bonds. The van der Waals surface area contributed by atoms with E-state index in [0.29, 0.717) is 6.61 Å². The number of hydrogen-bond donors (Lipinski definition) is 0. The Morgan fingerprint density at radius 3 is 2.45 bits per heavy atom. The molecule has 1 aromatic rings. The van der Waals surface area contributed by atoms with Gasteiger partial charge in [-0.3, -0.25) is 4.79 Å². The summed E-state index contributed by atoms with van der Waals surface area (Å²) in [4.78, 5) is 11.9. The Bertz CT molecular complexity index is 595. The van der Waals surface area contributed by atoms with Crippen molar-refractivity contribution in [3.8, 4) is 5.75 Å². The molecule has 1 fully saturated rings. The first-order chi connectivity index (χ1) is 10.2. The zero-order valence-corrected chi connectivity index (χ0v) is 13.6. The third kappa shape index (κ3) is 2.30. The molecule has 1 saturated heterocycles. The maximum atomic E-state index is 11.9. The first-order valence-electron chi connectivity index (χ1n) is 7.45. The Labute approximate surface area is 131 Å². The molecule has 2 aliphatic rings. The van der Waals surface area contributed by atoms with Crippen molar-refractivity contribution in [2.24, 2.45) is 0 Å². The summed E-state index contributed by atoms with van der Waals surface area (Å²) in [7, 11) is 0.937. The maximum absolute atomic E-state index is 11.9. The molecule has 0 N–H and O–H groups in total. The van der Waals surface area contributed by atoms with Crippen molar-refractivity contribution >= 4 is 18.6 Å². The molecule has 1 aromatic carbocycles. The Morgan fingerprint density at radius 1 is 1.23 bits per heavy atom. The lowest BCUT2D eigenvalue weighted by molar-refractivity contribution is -0.142. The Hall–Kier alpha value is -1.53. The van der Waals surface area contributed by atoms with E-state index in [4.69, 9.17) is 18.8 Å². The van der Waals surface area contributed by atoms with Crippen LogP contribution in [0.15, 0.2) is 18.2 Å². The minimum absolute atomic E-state index is 0.287. The number of fused-ring (bicyclic) bond motifs is 1. The molecule has 3 rings (SSSR count). The number of methoxy groups -OCH3 is 1. The van der Waals surface area contributed by atoms with Crippen LogP contribution in [0, 0.1) is 0 Å². The number of esters is 1. The van der Waals surface area contributed by atoms with E-state index in [2.05, 4.69) is 0 Å². The van der Waals surface area contributed by atoms with Crippen molar-refractivity contribution in [2.45, 2.75) is 44.8 Å². The lowest BCUT2D eigenvalue weighted by Crippen LogP contribution is -2.41. The second kappa shape index (κ2) is 5.00. The molecule has 1 atom stereocenters. The highest BCUT2D eigenvalue weighted by Gasteiger charge is 2.52. The highest BCUT2D eigenvalue weighted by atomic mass is 16.7. The highest BCUT2D eigenvalue weighted by Crippen LogP contribution is 2.38. The summed E-state index contributed by atoms with van der Waals surface area (Å²) in [6.07, 6.45) is 0. The van der Waals surface area contributed by atoms with E-state index in [9.17, 15) is 4.79 Å². The van der Waals surface area contributed by atoms with Gasteiger partial charge in [0.1, 0.15) is 18.3 Å². The van der Waals surface area contributed by atoms with Crippen LogP contribution >= 0.6 is 0 Å². The summed E-state index contributed by atoms with van der Waals surface area (Å²) in [6.45, 7) is 8.37. The second-order valence-corrected chi connectivity index (χ2v) is 6.77. The van der Waals surface area contributed by atoms with Crippen molar-refractivity contribution in [1.82, 2.24) is 0 Å². The first kappa shape index (κ1) is 15.4. The van der Waals surface area contributed by atoms with Crippen LogP contribution in [0.5, 0.6) is 5.75 Å². The van der Waals surface area contributed by atoms with Gasteiger partial charge < -0.3 is 18.8 Å². The largest absolute Gasteiger partial charge is 0.494 e. The van der Waals surface area contributed by atoms with E-state index in [1.54, 1.807) is 0 Å². The van der Waals surface area contributed by atoms with Crippen LogP contribution in [0.2, 0.25) is 0 Å². The van der Waals surface area contributed by atoms with Crippen LogP contribution < -0.4 is 10.2 Å². The minimum Gasteiger partial charge on any atom is -0.492 e. The van der Waals surface area contributed by atoms with Crippen molar-refractivity contribution in [1.29, 1.82) is 0 Å². The Kier molecular flexibility index (Phi) is 3.49. The summed E-state index contributed by atoms with van der Waals surface area (Å²) in [5, 5.41) is 0. The number of carbonyl (C=O) groups excluding carboxylic acids is 1. The molecule has 5 nitrogen and oxygen atoms in total. The van der Waals surface area contributed by atoms with E-state index in [1.807, 2.05) is 45.9 Å². The third-order valence-corrected chi connectivity index (χ3v) is 4.83. The third-order valence-electron chi connectivity index (χ3n) is 4.83. The van der Waals surface area contributed by atoms with Gasteiger partial charge in [0.25, 0.3) is 0 Å². The van der Waals surface area contributed by atoms with Gasteiger partial charge in [0.05, 0.1) is 18.3 Å². The molecule has 0 aromatic heterocycles. The van der Waals surface area contributed by atoms with Gasteiger partial charge in [0, 0.05) is 5.56 Å². The summed E-state index contributed by atoms with van der Waals surface area (Å²) in [6, 6.07) is 5.70. The summed E-state index contributed by atoms with van der Waals surface area (Å²) >= 11 is 0. The zero-order valence-electron chi connectivity index (χ0n) is 13.6. The summed E-state index contributed by atoms with van der Waals surface area (Å²) < 4.78 is 22.5. The predicted octanol–water partition coefficient (Wildman–Crippen LogP) is 1.63. The van der Waals surface area contributed by atoms with Gasteiger partial charge in [0.15, 0.2) is 0 Å². The zero-order chi connectivity index (χ0) is 16.1. The smallest absolute Gasteiger partial charge is 0.492 e. The van der Waals surface area contributed by atoms with Crippen molar-refractivity contribution in [3.05, 3.63) is 23.8 Å². The molecule has 6 heteroatoms. The Morgan fingerprint density at radius 2 is 1.86 bits per heavy atom. The maximum Gasteiger partial charge on any atom is 0.494 e. The van der Waals surface area contributed by atoms with Gasteiger partial charge >= 0.3 is 13.1 Å². The predicted molar refractivity (Wildman–Crippen MR) is 82.4 cm³/mol. The molecule has 2 heterocycles. The average Bonchev–Trinajstić information content (AvgIpc) is 2.96. The lowest BCUT2D eigenvalue weighted by Gasteiger charge is -2.32. The SMILES string of the molecule is COC(=O)C1COc2ccc(B3OC(C)(C)C(C)(C)O3)cc21. The number of hydrogen-bond acceptors (Lipinski definition) is 5. The fourth-order valence-electron chi connectivity index (χ4n) is 2.70. The lowest BCUT2D eigenvalue weighted by atomic mass is 9.77. The first-order valence-corrected chi connectivity index (χ1v) is 7.45. The molecular weight excluding hydrogens is 283 g/mol. The standard InChI is InChI=1S/C16H21BO5/c1-15(2)16(3,4)22-17(21-15)10-6-7-13-11(8-10)12(9-20-13)14(18)19-5/h6-8,12H,9H2,1-5H3. The topological polar surface area (TPSA) is 54.0 Å². The molecule has 2 aliphatic heterocycles. The molecule has 0 radical (unpaired) electrons. The van der Waals surface area contributed by atoms with Crippen molar-refractivity contribution < 1.29 is 23.6 Å². The van der Waals surface area contributed by atoms with Crippen molar-refractivity contribution in [3.63, 3.8) is 0 Å². The highest BCUT2D eigenvalue weighted by molar-refractivity contribution is 6.62. The van der Waals surface area contributed by atoms with Gasteiger partial charge in [-0.15, -0.1) is 0 Å². The minimum atomic E-state index is -0.450. The van der Waals surface area contributed by atoms with E-state index in [-0.39, 0.29) is 11.9 Å². The van der Waals surface area contributed by atoms with Crippen LogP contribution in [-0.2, 0) is 18.8 Å². The molecule has 0 bridgehead atoms. The normalized spacial score (nSPS) is 24.8. The van der Waals surface area contributed by atoms with Gasteiger partial charge in [0.2, 0.25) is 0 Å².